The van der Waals surface area contributed by atoms with Crippen molar-refractivity contribution < 1.29 is 17.2 Å². The molecule has 1 aromatic heterocycles. The summed E-state index contributed by atoms with van der Waals surface area (Å²) in [5.41, 5.74) is 3.25. The normalized spacial score (nSPS) is 23.0. The van der Waals surface area contributed by atoms with Crippen molar-refractivity contribution in [3.8, 4) is 0 Å². The van der Waals surface area contributed by atoms with Crippen molar-refractivity contribution in [3.63, 3.8) is 0 Å². The Hall–Kier alpha value is -2.19. The number of hydrogen-bond donors (Lipinski definition) is 2. The number of fused-ring (bicyclic) bond motifs is 3. The van der Waals surface area contributed by atoms with E-state index in [1.54, 1.807) is 6.07 Å². The lowest BCUT2D eigenvalue weighted by Gasteiger charge is -2.37. The summed E-state index contributed by atoms with van der Waals surface area (Å²) in [6, 6.07) is 7.17. The Morgan fingerprint density at radius 3 is 2.64 bits per heavy atom. The lowest BCUT2D eigenvalue weighted by Crippen LogP contribution is -2.40. The molecule has 5 rings (SSSR count). The van der Waals surface area contributed by atoms with E-state index in [0.29, 0.717) is 12.0 Å². The van der Waals surface area contributed by atoms with E-state index < -0.39 is 10.0 Å². The van der Waals surface area contributed by atoms with E-state index in [1.807, 2.05) is 6.92 Å². The molecular formula is C25H34FN3O3S. The van der Waals surface area contributed by atoms with Crippen LogP contribution < -0.4 is 4.72 Å². The topological polar surface area (TPSA) is 86.4 Å². The van der Waals surface area contributed by atoms with Gasteiger partial charge in [-0.25, -0.2) is 17.5 Å². The predicted molar refractivity (Wildman–Crippen MR) is 127 cm³/mol. The lowest BCUT2D eigenvalue weighted by molar-refractivity contribution is 0.220. The van der Waals surface area contributed by atoms with Crippen LogP contribution >= 0.6 is 0 Å². The first-order valence-corrected chi connectivity index (χ1v) is 13.4. The Morgan fingerprint density at radius 2 is 1.97 bits per heavy atom. The van der Waals surface area contributed by atoms with Crippen molar-refractivity contribution in [1.29, 1.82) is 5.41 Å². The van der Waals surface area contributed by atoms with Crippen LogP contribution in [-0.4, -0.2) is 38.8 Å². The van der Waals surface area contributed by atoms with Gasteiger partial charge in [-0.2, -0.15) is 0 Å². The smallest absolute Gasteiger partial charge is 0.273 e. The maximum absolute atomic E-state index is 13.9. The number of nitrogens with one attached hydrogen (secondary N) is 2. The molecule has 2 aromatic rings. The molecule has 1 aliphatic heterocycles. The SMILES string of the molecule is CNS(=O)(=O)c1ccco1.Cc1cc2c(cc1F)CCC1C2CC(=N)N1CC1CCCCC1. The first-order chi connectivity index (χ1) is 15.8. The molecule has 3 aliphatic rings. The third-order valence-electron chi connectivity index (χ3n) is 7.36. The number of likely N-dealkylation sites (tertiary alicyclic amines) is 1. The molecule has 1 aromatic carbocycles. The second-order valence-electron chi connectivity index (χ2n) is 9.46. The van der Waals surface area contributed by atoms with Gasteiger partial charge >= 0.3 is 0 Å². The van der Waals surface area contributed by atoms with Crippen LogP contribution in [-0.2, 0) is 16.4 Å². The standard InChI is InChI=1S/C20H27FN2.C5H7NO3S/c1-13-9-16-15(10-18(13)21)7-8-19-17(16)11-20(22)23(19)12-14-5-3-2-4-6-14;1-6-10(7,8)5-3-2-4-9-5/h9-10,14,17,19,22H,2-8,11-12H2,1H3;2-4,6H,1H3. The van der Waals surface area contributed by atoms with E-state index >= 15 is 0 Å². The molecule has 6 nitrogen and oxygen atoms in total. The number of halogens is 1. The first-order valence-electron chi connectivity index (χ1n) is 11.9. The van der Waals surface area contributed by atoms with Crippen molar-refractivity contribution >= 4 is 15.9 Å². The van der Waals surface area contributed by atoms with Gasteiger partial charge < -0.3 is 9.32 Å². The first kappa shape index (κ1) is 24.0. The van der Waals surface area contributed by atoms with Crippen LogP contribution in [0.15, 0.2) is 40.0 Å². The van der Waals surface area contributed by atoms with Gasteiger partial charge in [0.25, 0.3) is 10.0 Å². The monoisotopic (exact) mass is 475 g/mol. The van der Waals surface area contributed by atoms with Crippen molar-refractivity contribution in [2.45, 2.75) is 75.3 Å². The van der Waals surface area contributed by atoms with Crippen LogP contribution in [0.25, 0.3) is 0 Å². The Kier molecular flexibility index (Phi) is 7.24. The number of nitrogens with zero attached hydrogens (tertiary/aromatic N) is 1. The minimum Gasteiger partial charge on any atom is -0.452 e. The van der Waals surface area contributed by atoms with Gasteiger partial charge in [0, 0.05) is 24.9 Å². The summed E-state index contributed by atoms with van der Waals surface area (Å²) in [7, 11) is -2.04. The van der Waals surface area contributed by atoms with Crippen LogP contribution in [0, 0.1) is 24.1 Å². The van der Waals surface area contributed by atoms with Crippen molar-refractivity contribution in [2.24, 2.45) is 5.92 Å². The van der Waals surface area contributed by atoms with E-state index in [4.69, 9.17) is 5.41 Å². The molecule has 2 fully saturated rings. The summed E-state index contributed by atoms with van der Waals surface area (Å²) in [4.78, 5) is 2.41. The summed E-state index contributed by atoms with van der Waals surface area (Å²) in [5, 5.41) is 8.45. The summed E-state index contributed by atoms with van der Waals surface area (Å²) >= 11 is 0. The second-order valence-corrected chi connectivity index (χ2v) is 11.3. The number of furan rings is 1. The van der Waals surface area contributed by atoms with Gasteiger partial charge in [-0.1, -0.05) is 25.3 Å². The van der Waals surface area contributed by atoms with Gasteiger partial charge in [-0.15, -0.1) is 0 Å². The van der Waals surface area contributed by atoms with E-state index in [-0.39, 0.29) is 10.9 Å². The minimum absolute atomic E-state index is 0.0602. The van der Waals surface area contributed by atoms with Gasteiger partial charge in [-0.05, 0) is 80.5 Å². The summed E-state index contributed by atoms with van der Waals surface area (Å²) in [6.07, 6.45) is 11.0. The average Bonchev–Trinajstić information content (AvgIpc) is 3.46. The fourth-order valence-corrected chi connectivity index (χ4v) is 6.21. The van der Waals surface area contributed by atoms with E-state index in [1.165, 1.54) is 68.7 Å². The zero-order chi connectivity index (χ0) is 23.6. The minimum atomic E-state index is -3.37. The molecule has 2 aliphatic carbocycles. The molecule has 1 saturated heterocycles. The highest BCUT2D eigenvalue weighted by molar-refractivity contribution is 7.89. The molecule has 0 amide bonds. The second kappa shape index (κ2) is 9.97. The number of aryl methyl sites for hydroxylation is 2. The molecule has 2 atom stereocenters. The third-order valence-corrected chi connectivity index (χ3v) is 8.66. The number of benzene rings is 1. The molecule has 180 valence electrons. The zero-order valence-electron chi connectivity index (χ0n) is 19.4. The largest absolute Gasteiger partial charge is 0.452 e. The van der Waals surface area contributed by atoms with Crippen LogP contribution in [0.5, 0.6) is 0 Å². The fraction of sp³-hybridized carbons (Fsp3) is 0.560. The van der Waals surface area contributed by atoms with Crippen LogP contribution in [0.3, 0.4) is 0 Å². The average molecular weight is 476 g/mol. The van der Waals surface area contributed by atoms with E-state index in [0.717, 1.165) is 43.1 Å². The highest BCUT2D eigenvalue weighted by atomic mass is 32.2. The number of hydrogen-bond acceptors (Lipinski definition) is 4. The molecule has 1 saturated carbocycles. The molecule has 2 heterocycles. The predicted octanol–water partition coefficient (Wildman–Crippen LogP) is 4.98. The lowest BCUT2D eigenvalue weighted by atomic mass is 9.78. The van der Waals surface area contributed by atoms with E-state index in [9.17, 15) is 12.8 Å². The summed E-state index contributed by atoms with van der Waals surface area (Å²) in [6.45, 7) is 2.94. The molecule has 2 N–H and O–H groups in total. The molecule has 2 unspecified atom stereocenters. The third kappa shape index (κ3) is 5.17. The molecule has 0 spiro atoms. The van der Waals surface area contributed by atoms with Crippen LogP contribution in [0.2, 0.25) is 0 Å². The van der Waals surface area contributed by atoms with Gasteiger partial charge in [0.2, 0.25) is 5.09 Å². The zero-order valence-corrected chi connectivity index (χ0v) is 20.3. The highest BCUT2D eigenvalue weighted by Gasteiger charge is 2.42. The molecular weight excluding hydrogens is 441 g/mol. The van der Waals surface area contributed by atoms with Crippen molar-refractivity contribution in [3.05, 3.63) is 53.0 Å². The summed E-state index contributed by atoms with van der Waals surface area (Å²) in [5.74, 6) is 1.93. The van der Waals surface area contributed by atoms with Gasteiger partial charge in [0.15, 0.2) is 0 Å². The number of rotatable bonds is 4. The Bertz CT molecular complexity index is 1080. The maximum atomic E-state index is 13.9. The Morgan fingerprint density at radius 1 is 1.21 bits per heavy atom. The van der Waals surface area contributed by atoms with Crippen molar-refractivity contribution in [2.75, 3.05) is 13.6 Å². The molecule has 0 bridgehead atoms. The quantitative estimate of drug-likeness (QED) is 0.653. The van der Waals surface area contributed by atoms with Crippen LogP contribution in [0.1, 0.15) is 67.6 Å². The van der Waals surface area contributed by atoms with Crippen LogP contribution in [0.4, 0.5) is 4.39 Å². The summed E-state index contributed by atoms with van der Waals surface area (Å²) < 4.78 is 42.3. The number of amidine groups is 1. The molecule has 8 heteroatoms. The van der Waals surface area contributed by atoms with Gasteiger partial charge in [0.1, 0.15) is 5.82 Å². The van der Waals surface area contributed by atoms with Gasteiger partial charge in [0.05, 0.1) is 12.1 Å². The molecule has 0 radical (unpaired) electrons. The van der Waals surface area contributed by atoms with Crippen molar-refractivity contribution in [1.82, 2.24) is 9.62 Å². The Balaban J connectivity index is 0.000000219. The van der Waals surface area contributed by atoms with Gasteiger partial charge in [-0.3, -0.25) is 5.41 Å². The number of sulfonamides is 1. The Labute approximate surface area is 196 Å². The molecule has 33 heavy (non-hydrogen) atoms. The maximum Gasteiger partial charge on any atom is 0.273 e. The van der Waals surface area contributed by atoms with E-state index in [2.05, 4.69) is 20.1 Å². The fourth-order valence-electron chi connectivity index (χ4n) is 5.57. The highest BCUT2D eigenvalue weighted by Crippen LogP contribution is 2.43.